The van der Waals surface area contributed by atoms with Crippen LogP contribution in [-0.2, 0) is 0 Å². The molecule has 0 aliphatic rings. The van der Waals surface area contributed by atoms with Crippen molar-refractivity contribution >= 4 is 5.57 Å². The smallest absolute Gasteiger partial charge is 0.0184 e. The number of rotatable bonds is 2. The zero-order chi connectivity index (χ0) is 12.7. The molecule has 17 heavy (non-hydrogen) atoms. The molecule has 0 heterocycles. The van der Waals surface area contributed by atoms with Gasteiger partial charge in [0.25, 0.3) is 0 Å². The van der Waals surface area contributed by atoms with Crippen LogP contribution in [0.15, 0.2) is 54.6 Å². The van der Waals surface area contributed by atoms with Gasteiger partial charge in [0.1, 0.15) is 0 Å². The van der Waals surface area contributed by atoms with E-state index < -0.39 is 0 Å². The van der Waals surface area contributed by atoms with E-state index in [1.807, 2.05) is 39.0 Å². The SMILES string of the molecule is CC.[CH]=C(C)c1ccc(-c2ccccc2)cc1. The molecule has 0 saturated carbocycles. The maximum absolute atomic E-state index is 5.72. The summed E-state index contributed by atoms with van der Waals surface area (Å²) in [4.78, 5) is 0. The van der Waals surface area contributed by atoms with Crippen molar-refractivity contribution in [2.24, 2.45) is 0 Å². The van der Waals surface area contributed by atoms with Gasteiger partial charge in [-0.15, -0.1) is 0 Å². The van der Waals surface area contributed by atoms with Crippen molar-refractivity contribution in [3.8, 4) is 11.1 Å². The molecule has 2 aromatic rings. The van der Waals surface area contributed by atoms with Gasteiger partial charge in [0.15, 0.2) is 0 Å². The van der Waals surface area contributed by atoms with E-state index in [4.69, 9.17) is 6.58 Å². The lowest BCUT2D eigenvalue weighted by molar-refractivity contribution is 1.50. The third kappa shape index (κ3) is 3.60. The Morgan fingerprint density at radius 3 is 1.71 bits per heavy atom. The first-order valence-corrected chi connectivity index (χ1v) is 6.02. The number of allylic oxidation sites excluding steroid dienone is 1. The highest BCUT2D eigenvalue weighted by Gasteiger charge is 1.97. The molecule has 0 fully saturated rings. The van der Waals surface area contributed by atoms with Crippen molar-refractivity contribution in [1.29, 1.82) is 0 Å². The zero-order valence-corrected chi connectivity index (χ0v) is 10.8. The van der Waals surface area contributed by atoms with Crippen molar-refractivity contribution in [3.63, 3.8) is 0 Å². The topological polar surface area (TPSA) is 0 Å². The second-order valence-electron chi connectivity index (χ2n) is 3.63. The first-order valence-electron chi connectivity index (χ1n) is 6.02. The molecule has 0 amide bonds. The van der Waals surface area contributed by atoms with Gasteiger partial charge < -0.3 is 0 Å². The average Bonchev–Trinajstić information content (AvgIpc) is 2.42. The lowest BCUT2D eigenvalue weighted by Gasteiger charge is -2.03. The molecule has 0 aromatic heterocycles. The molecule has 0 bridgehead atoms. The van der Waals surface area contributed by atoms with E-state index in [2.05, 4.69) is 36.4 Å². The van der Waals surface area contributed by atoms with Crippen molar-refractivity contribution < 1.29 is 0 Å². The predicted octanol–water partition coefficient (Wildman–Crippen LogP) is 5.22. The minimum absolute atomic E-state index is 0.856. The normalized spacial score (nSPS) is 9.12. The molecule has 2 rings (SSSR count). The Bertz CT molecular complexity index is 449. The summed E-state index contributed by atoms with van der Waals surface area (Å²) in [6.07, 6.45) is 0. The minimum Gasteiger partial charge on any atom is -0.0683 e. The minimum atomic E-state index is 0.856. The van der Waals surface area contributed by atoms with E-state index >= 15 is 0 Å². The Hall–Kier alpha value is -1.82. The van der Waals surface area contributed by atoms with E-state index in [9.17, 15) is 0 Å². The molecule has 0 spiro atoms. The maximum Gasteiger partial charge on any atom is -0.0184 e. The molecule has 2 aromatic carbocycles. The molecular weight excluding hydrogens is 204 g/mol. The van der Waals surface area contributed by atoms with Crippen LogP contribution in [-0.4, -0.2) is 0 Å². The Labute approximate surface area is 105 Å². The van der Waals surface area contributed by atoms with Gasteiger partial charge in [-0.3, -0.25) is 0 Å². The standard InChI is InChI=1S/C15H13.C2H6/c1-12(2)13-8-10-15(11-9-13)14-6-4-3-5-7-14;1-2/h1,3-11H,2H3;1-2H3. The third-order valence-electron chi connectivity index (χ3n) is 2.45. The van der Waals surface area contributed by atoms with Crippen molar-refractivity contribution in [2.45, 2.75) is 20.8 Å². The van der Waals surface area contributed by atoms with Gasteiger partial charge in [-0.05, 0) is 29.2 Å². The van der Waals surface area contributed by atoms with Gasteiger partial charge in [-0.2, -0.15) is 0 Å². The molecule has 0 aliphatic heterocycles. The summed E-state index contributed by atoms with van der Waals surface area (Å²) in [7, 11) is 0. The summed E-state index contributed by atoms with van der Waals surface area (Å²) >= 11 is 0. The lowest BCUT2D eigenvalue weighted by Crippen LogP contribution is -1.80. The molecule has 0 unspecified atom stereocenters. The summed E-state index contributed by atoms with van der Waals surface area (Å²) in [6, 6.07) is 18.6. The Kier molecular flexibility index (Phi) is 5.22. The van der Waals surface area contributed by atoms with Gasteiger partial charge in [-0.1, -0.05) is 75.0 Å². The largest absolute Gasteiger partial charge is 0.0683 e. The van der Waals surface area contributed by atoms with E-state index in [0.29, 0.717) is 0 Å². The van der Waals surface area contributed by atoms with Gasteiger partial charge in [0, 0.05) is 0 Å². The molecule has 0 heteroatoms. The van der Waals surface area contributed by atoms with Gasteiger partial charge in [0.05, 0.1) is 0 Å². The summed E-state index contributed by atoms with van der Waals surface area (Å²) in [5.41, 5.74) is 4.41. The molecule has 0 N–H and O–H groups in total. The first kappa shape index (κ1) is 13.2. The zero-order valence-electron chi connectivity index (χ0n) is 10.8. The molecule has 1 radical (unpaired) electrons. The molecule has 0 saturated heterocycles. The fourth-order valence-corrected chi connectivity index (χ4v) is 1.56. The van der Waals surface area contributed by atoms with Crippen LogP contribution in [0.5, 0.6) is 0 Å². The Morgan fingerprint density at radius 1 is 0.765 bits per heavy atom. The number of hydrogen-bond donors (Lipinski definition) is 0. The third-order valence-corrected chi connectivity index (χ3v) is 2.45. The maximum atomic E-state index is 5.72. The van der Waals surface area contributed by atoms with E-state index in [1.54, 1.807) is 0 Å². The molecule has 0 aliphatic carbocycles. The lowest BCUT2D eigenvalue weighted by atomic mass is 10.0. The fraction of sp³-hybridized carbons (Fsp3) is 0.176. The summed E-state index contributed by atoms with van der Waals surface area (Å²) < 4.78 is 0. The second-order valence-corrected chi connectivity index (χ2v) is 3.63. The van der Waals surface area contributed by atoms with Gasteiger partial charge in [-0.25, -0.2) is 0 Å². The van der Waals surface area contributed by atoms with Crippen molar-refractivity contribution in [2.75, 3.05) is 0 Å². The summed E-state index contributed by atoms with van der Waals surface area (Å²) in [5, 5.41) is 0. The Morgan fingerprint density at radius 2 is 1.24 bits per heavy atom. The van der Waals surface area contributed by atoms with Crippen LogP contribution in [0.1, 0.15) is 26.3 Å². The fourth-order valence-electron chi connectivity index (χ4n) is 1.56. The predicted molar refractivity (Wildman–Crippen MR) is 76.6 cm³/mol. The second kappa shape index (κ2) is 6.70. The summed E-state index contributed by atoms with van der Waals surface area (Å²) in [5.74, 6) is 0. The highest BCUT2D eigenvalue weighted by atomic mass is 14.0. The number of benzene rings is 2. The molecule has 87 valence electrons. The van der Waals surface area contributed by atoms with Crippen LogP contribution in [0.25, 0.3) is 16.7 Å². The van der Waals surface area contributed by atoms with Crippen LogP contribution >= 0.6 is 0 Å². The van der Waals surface area contributed by atoms with Crippen LogP contribution < -0.4 is 0 Å². The summed E-state index contributed by atoms with van der Waals surface area (Å²) in [6.45, 7) is 11.6. The van der Waals surface area contributed by atoms with Gasteiger partial charge >= 0.3 is 0 Å². The molecular formula is C17H19. The van der Waals surface area contributed by atoms with Gasteiger partial charge in [0.2, 0.25) is 0 Å². The molecule has 0 nitrogen and oxygen atoms in total. The highest BCUT2D eigenvalue weighted by molar-refractivity contribution is 5.67. The van der Waals surface area contributed by atoms with E-state index in [-0.39, 0.29) is 0 Å². The monoisotopic (exact) mass is 223 g/mol. The quantitative estimate of drug-likeness (QED) is 0.655. The van der Waals surface area contributed by atoms with E-state index in [1.165, 1.54) is 11.1 Å². The highest BCUT2D eigenvalue weighted by Crippen LogP contribution is 2.21. The van der Waals surface area contributed by atoms with E-state index in [0.717, 1.165) is 11.1 Å². The van der Waals surface area contributed by atoms with Crippen LogP contribution in [0.4, 0.5) is 0 Å². The van der Waals surface area contributed by atoms with Crippen LogP contribution in [0.2, 0.25) is 0 Å². The van der Waals surface area contributed by atoms with Crippen LogP contribution in [0.3, 0.4) is 0 Å². The van der Waals surface area contributed by atoms with Crippen molar-refractivity contribution in [3.05, 3.63) is 66.7 Å². The van der Waals surface area contributed by atoms with Crippen molar-refractivity contribution in [1.82, 2.24) is 0 Å². The Balaban J connectivity index is 0.000000686. The average molecular weight is 223 g/mol. The number of hydrogen-bond acceptors (Lipinski definition) is 0. The van der Waals surface area contributed by atoms with Crippen LogP contribution in [0, 0.1) is 6.58 Å². The molecule has 0 atom stereocenters. The first-order chi connectivity index (χ1) is 8.27.